The molecular weight excluding hydrogens is 417 g/mol. The Morgan fingerprint density at radius 2 is 1.91 bits per heavy atom. The van der Waals surface area contributed by atoms with E-state index in [0.29, 0.717) is 24.3 Å². The zero-order chi connectivity index (χ0) is 23.3. The Balaban J connectivity index is 1.88. The van der Waals surface area contributed by atoms with Crippen molar-refractivity contribution in [3.8, 4) is 5.75 Å². The summed E-state index contributed by atoms with van der Waals surface area (Å²) in [5.74, 6) is -0.960. The molecule has 1 fully saturated rings. The lowest BCUT2D eigenvalue weighted by atomic mass is 9.90. The van der Waals surface area contributed by atoms with Gasteiger partial charge in [-0.2, -0.15) is 0 Å². The molecule has 1 saturated carbocycles. The highest BCUT2D eigenvalue weighted by atomic mass is 19.1. The second kappa shape index (κ2) is 10.2. The molecule has 6 N–H and O–H groups in total. The summed E-state index contributed by atoms with van der Waals surface area (Å²) in [6.07, 6.45) is 1.90. The molecule has 172 valence electrons. The highest BCUT2D eigenvalue weighted by Crippen LogP contribution is 2.28. The molecule has 10 heteroatoms. The van der Waals surface area contributed by atoms with Crippen molar-refractivity contribution in [3.05, 3.63) is 41.7 Å². The van der Waals surface area contributed by atoms with Crippen LogP contribution in [0.25, 0.3) is 0 Å². The highest BCUT2D eigenvalue weighted by Gasteiger charge is 2.28. The van der Waals surface area contributed by atoms with Crippen LogP contribution in [0, 0.1) is 5.82 Å². The van der Waals surface area contributed by atoms with Gasteiger partial charge < -0.3 is 31.5 Å². The van der Waals surface area contributed by atoms with Gasteiger partial charge in [-0.15, -0.1) is 0 Å². The third-order valence-electron chi connectivity index (χ3n) is 5.11. The van der Waals surface area contributed by atoms with Crippen LogP contribution < -0.4 is 26.4 Å². The van der Waals surface area contributed by atoms with Gasteiger partial charge >= 0.3 is 6.09 Å². The SMILES string of the molecule is CC(C)Oc1cccc(Nc2nc(N[C@@H]3CCCC[C@@H]3NC(=O)O)c(F)cc2C(N)=O)c1. The fraction of sp³-hybridized carbons (Fsp3) is 0.409. The number of benzene rings is 1. The number of ether oxygens (including phenoxy) is 1. The normalized spacial score (nSPS) is 18.1. The van der Waals surface area contributed by atoms with E-state index in [0.717, 1.165) is 18.9 Å². The van der Waals surface area contributed by atoms with Crippen molar-refractivity contribution < 1.29 is 23.8 Å². The van der Waals surface area contributed by atoms with Gasteiger partial charge in [0.1, 0.15) is 11.6 Å². The number of nitrogens with two attached hydrogens (primary N) is 1. The molecule has 2 atom stereocenters. The van der Waals surface area contributed by atoms with Gasteiger partial charge in [0.15, 0.2) is 11.6 Å². The Morgan fingerprint density at radius 3 is 2.56 bits per heavy atom. The maximum absolute atomic E-state index is 14.8. The van der Waals surface area contributed by atoms with Crippen molar-refractivity contribution in [1.29, 1.82) is 0 Å². The molecule has 9 nitrogen and oxygen atoms in total. The van der Waals surface area contributed by atoms with Crippen molar-refractivity contribution in [2.24, 2.45) is 5.73 Å². The molecule has 0 radical (unpaired) electrons. The Bertz CT molecular complexity index is 985. The molecule has 1 aliphatic rings. The van der Waals surface area contributed by atoms with E-state index in [1.807, 2.05) is 13.8 Å². The largest absolute Gasteiger partial charge is 0.491 e. The first-order valence-electron chi connectivity index (χ1n) is 10.5. The number of anilines is 3. The summed E-state index contributed by atoms with van der Waals surface area (Å²) in [4.78, 5) is 27.3. The van der Waals surface area contributed by atoms with Crippen molar-refractivity contribution in [2.75, 3.05) is 10.6 Å². The average Bonchev–Trinajstić information content (AvgIpc) is 2.71. The van der Waals surface area contributed by atoms with Crippen molar-refractivity contribution in [1.82, 2.24) is 10.3 Å². The lowest BCUT2D eigenvalue weighted by Crippen LogP contribution is -2.48. The summed E-state index contributed by atoms with van der Waals surface area (Å²) >= 11 is 0. The van der Waals surface area contributed by atoms with E-state index in [1.165, 1.54) is 0 Å². The number of carbonyl (C=O) groups excluding carboxylic acids is 1. The summed E-state index contributed by atoms with van der Waals surface area (Å²) < 4.78 is 20.4. The van der Waals surface area contributed by atoms with Crippen molar-refractivity contribution >= 4 is 29.3 Å². The van der Waals surface area contributed by atoms with Gasteiger partial charge in [0.05, 0.1) is 17.7 Å². The molecule has 0 aliphatic heterocycles. The minimum absolute atomic E-state index is 0.0194. The van der Waals surface area contributed by atoms with Crippen molar-refractivity contribution in [2.45, 2.75) is 57.7 Å². The van der Waals surface area contributed by atoms with Crippen LogP contribution in [-0.4, -0.2) is 40.3 Å². The topological polar surface area (TPSA) is 139 Å². The van der Waals surface area contributed by atoms with Crippen LogP contribution in [0.15, 0.2) is 30.3 Å². The monoisotopic (exact) mass is 445 g/mol. The first-order chi connectivity index (χ1) is 15.2. The number of primary amides is 1. The van der Waals surface area contributed by atoms with Gasteiger partial charge in [-0.1, -0.05) is 18.9 Å². The van der Waals surface area contributed by atoms with Gasteiger partial charge in [-0.05, 0) is 44.9 Å². The van der Waals surface area contributed by atoms with Gasteiger partial charge in [-0.25, -0.2) is 14.2 Å². The van der Waals surface area contributed by atoms with E-state index in [9.17, 15) is 14.0 Å². The average molecular weight is 445 g/mol. The highest BCUT2D eigenvalue weighted by molar-refractivity contribution is 5.98. The van der Waals surface area contributed by atoms with E-state index in [4.69, 9.17) is 15.6 Å². The number of pyridine rings is 1. The molecule has 1 aliphatic carbocycles. The number of aromatic nitrogens is 1. The standard InChI is InChI=1S/C22H28FN5O4/c1-12(2)32-14-7-5-6-13(10-14)25-20-15(19(24)29)11-16(23)21(28-20)26-17-8-3-4-9-18(17)27-22(30)31/h5-7,10-12,17-18,27H,3-4,8-9H2,1-2H3,(H2,24,29)(H,30,31)(H2,25,26,28)/t17-,18+/m1/s1. The Kier molecular flexibility index (Phi) is 7.34. The number of amides is 2. The fourth-order valence-electron chi connectivity index (χ4n) is 3.74. The lowest BCUT2D eigenvalue weighted by Gasteiger charge is -2.32. The molecule has 32 heavy (non-hydrogen) atoms. The second-order valence-electron chi connectivity index (χ2n) is 7.99. The molecule has 1 heterocycles. The molecule has 0 saturated heterocycles. The molecule has 0 spiro atoms. The van der Waals surface area contributed by atoms with Gasteiger partial charge in [0.2, 0.25) is 0 Å². The third-order valence-corrected chi connectivity index (χ3v) is 5.11. The van der Waals surface area contributed by atoms with Gasteiger partial charge in [-0.3, -0.25) is 4.79 Å². The molecule has 1 aromatic carbocycles. The van der Waals surface area contributed by atoms with Crippen LogP contribution in [0.1, 0.15) is 49.9 Å². The van der Waals surface area contributed by atoms with Crippen molar-refractivity contribution in [3.63, 3.8) is 0 Å². The molecule has 0 unspecified atom stereocenters. The quantitative estimate of drug-likeness (QED) is 0.416. The molecule has 2 aromatic rings. The zero-order valence-corrected chi connectivity index (χ0v) is 18.0. The number of rotatable bonds is 8. The Hall–Kier alpha value is -3.56. The number of nitrogens with zero attached hydrogens (tertiary/aromatic N) is 1. The summed E-state index contributed by atoms with van der Waals surface area (Å²) in [7, 11) is 0. The lowest BCUT2D eigenvalue weighted by molar-refractivity contribution is 0.1000. The second-order valence-corrected chi connectivity index (χ2v) is 7.99. The third kappa shape index (κ3) is 5.99. The summed E-state index contributed by atoms with van der Waals surface area (Å²) in [6.45, 7) is 3.81. The van der Waals surface area contributed by atoms with Crippen LogP contribution in [0.4, 0.5) is 26.5 Å². The van der Waals surface area contributed by atoms with E-state index in [2.05, 4.69) is 20.9 Å². The fourth-order valence-corrected chi connectivity index (χ4v) is 3.74. The summed E-state index contributed by atoms with van der Waals surface area (Å²) in [5.41, 5.74) is 5.92. The number of hydrogen-bond acceptors (Lipinski definition) is 6. The van der Waals surface area contributed by atoms with E-state index in [1.54, 1.807) is 24.3 Å². The molecule has 3 rings (SSSR count). The number of carbonyl (C=O) groups is 2. The first kappa shape index (κ1) is 23.1. The predicted octanol–water partition coefficient (Wildman–Crippen LogP) is 3.84. The predicted molar refractivity (Wildman–Crippen MR) is 119 cm³/mol. The maximum atomic E-state index is 14.8. The van der Waals surface area contributed by atoms with Crippen LogP contribution >= 0.6 is 0 Å². The van der Waals surface area contributed by atoms with Gasteiger partial charge in [0, 0.05) is 17.8 Å². The van der Waals surface area contributed by atoms with E-state index < -0.39 is 17.8 Å². The zero-order valence-electron chi connectivity index (χ0n) is 18.0. The van der Waals surface area contributed by atoms with Crippen LogP contribution in [0.5, 0.6) is 5.75 Å². The number of carboxylic acid groups (broad SMARTS) is 1. The maximum Gasteiger partial charge on any atom is 0.404 e. The Labute approximate surface area is 185 Å². The smallest absolute Gasteiger partial charge is 0.404 e. The van der Waals surface area contributed by atoms with E-state index in [-0.39, 0.29) is 35.4 Å². The summed E-state index contributed by atoms with van der Waals surface area (Å²) in [5, 5.41) is 17.6. The number of hydrogen-bond donors (Lipinski definition) is 5. The number of nitrogens with one attached hydrogen (secondary N) is 3. The minimum Gasteiger partial charge on any atom is -0.491 e. The molecular formula is C22H28FN5O4. The van der Waals surface area contributed by atoms with Crippen LogP contribution in [0.3, 0.4) is 0 Å². The first-order valence-corrected chi connectivity index (χ1v) is 10.5. The minimum atomic E-state index is -1.13. The summed E-state index contributed by atoms with van der Waals surface area (Å²) in [6, 6.07) is 7.37. The van der Waals surface area contributed by atoms with Gasteiger partial charge in [0.25, 0.3) is 5.91 Å². The van der Waals surface area contributed by atoms with Crippen LogP contribution in [0.2, 0.25) is 0 Å². The Morgan fingerprint density at radius 1 is 1.19 bits per heavy atom. The number of halogens is 1. The van der Waals surface area contributed by atoms with E-state index >= 15 is 0 Å². The molecule has 0 bridgehead atoms. The molecule has 2 amide bonds. The van der Waals surface area contributed by atoms with Crippen LogP contribution in [-0.2, 0) is 0 Å². The molecule has 1 aromatic heterocycles.